The molecule has 0 bridgehead atoms. The minimum Gasteiger partial charge on any atom is -0.481 e. The van der Waals surface area contributed by atoms with Crippen LogP contribution in [0.5, 0.6) is 5.88 Å². The Bertz CT molecular complexity index is 413. The number of hydrogen-bond donors (Lipinski definition) is 1. The molecule has 2 unspecified atom stereocenters. The van der Waals surface area contributed by atoms with Gasteiger partial charge in [0.2, 0.25) is 5.88 Å². The Hall–Kier alpha value is -0.800. The topological polar surface area (TPSA) is 34.1 Å². The summed E-state index contributed by atoms with van der Waals surface area (Å²) in [5.41, 5.74) is 1.16. The van der Waals surface area contributed by atoms with Crippen molar-refractivity contribution in [1.29, 1.82) is 0 Å². The predicted octanol–water partition coefficient (Wildman–Crippen LogP) is 3.37. The first kappa shape index (κ1) is 14.6. The fourth-order valence-electron chi connectivity index (χ4n) is 3.01. The van der Waals surface area contributed by atoms with Crippen molar-refractivity contribution in [3.05, 3.63) is 23.9 Å². The predicted molar refractivity (Wildman–Crippen MR) is 78.7 cm³/mol. The lowest BCUT2D eigenvalue weighted by Crippen LogP contribution is -2.49. The molecule has 0 saturated heterocycles. The number of halogens is 1. The van der Waals surface area contributed by atoms with Gasteiger partial charge in [-0.1, -0.05) is 25.8 Å². The molecule has 0 radical (unpaired) electrons. The van der Waals surface area contributed by atoms with Crippen molar-refractivity contribution in [3.8, 4) is 5.88 Å². The third kappa shape index (κ3) is 3.61. The van der Waals surface area contributed by atoms with Crippen LogP contribution in [0.4, 0.5) is 0 Å². The highest BCUT2D eigenvalue weighted by molar-refractivity contribution is 6.18. The molecule has 19 heavy (non-hydrogen) atoms. The molecule has 2 atom stereocenters. The van der Waals surface area contributed by atoms with Crippen LogP contribution < -0.4 is 10.1 Å². The Morgan fingerprint density at radius 3 is 3.11 bits per heavy atom. The third-order valence-corrected chi connectivity index (χ3v) is 4.56. The number of alkyl halides is 1. The van der Waals surface area contributed by atoms with Gasteiger partial charge in [-0.2, -0.15) is 0 Å². The maximum absolute atomic E-state index is 6.23. The molecule has 0 amide bonds. The summed E-state index contributed by atoms with van der Waals surface area (Å²) in [4.78, 5) is 4.23. The van der Waals surface area contributed by atoms with Crippen LogP contribution in [-0.2, 0) is 6.54 Å². The van der Waals surface area contributed by atoms with Gasteiger partial charge in [-0.25, -0.2) is 4.98 Å². The number of ether oxygens (including phenoxy) is 1. The first-order chi connectivity index (χ1) is 9.19. The van der Waals surface area contributed by atoms with E-state index in [1.807, 2.05) is 12.1 Å². The molecule has 1 saturated carbocycles. The van der Waals surface area contributed by atoms with Crippen LogP contribution in [-0.4, -0.2) is 23.5 Å². The number of hydrogen-bond acceptors (Lipinski definition) is 3. The maximum atomic E-state index is 6.23. The van der Waals surface area contributed by atoms with E-state index >= 15 is 0 Å². The number of methoxy groups -OCH3 is 1. The van der Waals surface area contributed by atoms with Crippen molar-refractivity contribution in [3.63, 3.8) is 0 Å². The lowest BCUT2D eigenvalue weighted by molar-refractivity contribution is 0.207. The van der Waals surface area contributed by atoms with Crippen molar-refractivity contribution in [2.24, 2.45) is 5.92 Å². The molecule has 1 aliphatic carbocycles. The van der Waals surface area contributed by atoms with E-state index in [4.69, 9.17) is 16.3 Å². The summed E-state index contributed by atoms with van der Waals surface area (Å²) in [6.07, 6.45) is 6.63. The van der Waals surface area contributed by atoms with Gasteiger partial charge in [-0.15, -0.1) is 11.6 Å². The Balaban J connectivity index is 2.03. The molecule has 1 heterocycles. The summed E-state index contributed by atoms with van der Waals surface area (Å²) in [6.45, 7) is 3.07. The van der Waals surface area contributed by atoms with Gasteiger partial charge in [-0.05, 0) is 24.8 Å². The fourth-order valence-corrected chi connectivity index (χ4v) is 3.35. The monoisotopic (exact) mass is 282 g/mol. The van der Waals surface area contributed by atoms with Gasteiger partial charge in [0, 0.05) is 29.7 Å². The van der Waals surface area contributed by atoms with Crippen molar-refractivity contribution in [2.45, 2.75) is 44.7 Å². The van der Waals surface area contributed by atoms with Gasteiger partial charge in [0.15, 0.2) is 0 Å². The minimum absolute atomic E-state index is 0.0695. The van der Waals surface area contributed by atoms with Crippen molar-refractivity contribution in [1.82, 2.24) is 10.3 Å². The fraction of sp³-hybridized carbons (Fsp3) is 0.667. The quantitative estimate of drug-likeness (QED) is 0.841. The van der Waals surface area contributed by atoms with Gasteiger partial charge in [0.25, 0.3) is 0 Å². The molecular formula is C15H23ClN2O. The summed E-state index contributed by atoms with van der Waals surface area (Å²) in [6, 6.07) is 3.99. The molecule has 3 nitrogen and oxygen atoms in total. The second kappa shape index (κ2) is 6.58. The van der Waals surface area contributed by atoms with Gasteiger partial charge >= 0.3 is 0 Å². The molecular weight excluding hydrogens is 260 g/mol. The van der Waals surface area contributed by atoms with Crippen molar-refractivity contribution in [2.75, 3.05) is 13.0 Å². The summed E-state index contributed by atoms with van der Waals surface area (Å²) in [5, 5.41) is 3.65. The van der Waals surface area contributed by atoms with E-state index in [1.165, 1.54) is 12.8 Å². The van der Waals surface area contributed by atoms with Gasteiger partial charge in [-0.3, -0.25) is 0 Å². The first-order valence-electron chi connectivity index (χ1n) is 6.98. The zero-order valence-electron chi connectivity index (χ0n) is 11.8. The SMILES string of the molecule is COc1ncccc1CNC1(CCl)CCCC(C)C1. The van der Waals surface area contributed by atoms with Crippen LogP contribution >= 0.6 is 11.6 Å². The summed E-state index contributed by atoms with van der Waals surface area (Å²) < 4.78 is 5.29. The molecule has 1 N–H and O–H groups in total. The van der Waals surface area contributed by atoms with E-state index in [1.54, 1.807) is 13.3 Å². The molecule has 2 rings (SSSR count). The van der Waals surface area contributed by atoms with Crippen LogP contribution in [0.15, 0.2) is 18.3 Å². The van der Waals surface area contributed by atoms with Crippen molar-refractivity contribution < 1.29 is 4.74 Å². The number of pyridine rings is 1. The van der Waals surface area contributed by atoms with Crippen LogP contribution in [0.2, 0.25) is 0 Å². The Labute approximate surface area is 120 Å². The lowest BCUT2D eigenvalue weighted by atomic mass is 9.77. The summed E-state index contributed by atoms with van der Waals surface area (Å²) in [5.74, 6) is 2.11. The average molecular weight is 283 g/mol. The van der Waals surface area contributed by atoms with Gasteiger partial charge in [0.05, 0.1) is 7.11 Å². The normalized spacial score (nSPS) is 27.2. The van der Waals surface area contributed by atoms with E-state index in [2.05, 4.69) is 17.2 Å². The van der Waals surface area contributed by atoms with E-state index in [0.29, 0.717) is 11.8 Å². The molecule has 1 aromatic heterocycles. The number of aromatic nitrogens is 1. The smallest absolute Gasteiger partial charge is 0.217 e. The van der Waals surface area contributed by atoms with Crippen LogP contribution in [0.25, 0.3) is 0 Å². The summed E-state index contributed by atoms with van der Waals surface area (Å²) in [7, 11) is 1.66. The third-order valence-electron chi connectivity index (χ3n) is 4.04. The second-order valence-corrected chi connectivity index (χ2v) is 5.91. The largest absolute Gasteiger partial charge is 0.481 e. The zero-order chi connectivity index (χ0) is 13.7. The molecule has 1 fully saturated rings. The molecule has 0 aromatic carbocycles. The van der Waals surface area contributed by atoms with Crippen LogP contribution in [0.1, 0.15) is 38.2 Å². The molecule has 1 aromatic rings. The second-order valence-electron chi connectivity index (χ2n) is 5.64. The summed E-state index contributed by atoms with van der Waals surface area (Å²) >= 11 is 6.23. The van der Waals surface area contributed by atoms with Gasteiger partial charge in [0.1, 0.15) is 0 Å². The van der Waals surface area contributed by atoms with Gasteiger partial charge < -0.3 is 10.1 Å². The van der Waals surface area contributed by atoms with E-state index in [0.717, 1.165) is 30.9 Å². The average Bonchev–Trinajstić information content (AvgIpc) is 2.45. The molecule has 0 spiro atoms. The van der Waals surface area contributed by atoms with E-state index < -0.39 is 0 Å². The van der Waals surface area contributed by atoms with E-state index in [9.17, 15) is 0 Å². The molecule has 106 valence electrons. The van der Waals surface area contributed by atoms with Crippen LogP contribution in [0, 0.1) is 5.92 Å². The Morgan fingerprint density at radius 2 is 2.42 bits per heavy atom. The molecule has 0 aliphatic heterocycles. The molecule has 4 heteroatoms. The van der Waals surface area contributed by atoms with Crippen molar-refractivity contribution >= 4 is 11.6 Å². The number of nitrogens with one attached hydrogen (secondary N) is 1. The first-order valence-corrected chi connectivity index (χ1v) is 7.51. The highest BCUT2D eigenvalue weighted by Gasteiger charge is 2.33. The maximum Gasteiger partial charge on any atom is 0.217 e. The Morgan fingerprint density at radius 1 is 1.58 bits per heavy atom. The number of rotatable bonds is 5. The highest BCUT2D eigenvalue weighted by Crippen LogP contribution is 2.33. The minimum atomic E-state index is 0.0695. The lowest BCUT2D eigenvalue weighted by Gasteiger charge is -2.39. The number of nitrogens with zero attached hydrogens (tertiary/aromatic N) is 1. The standard InChI is InChI=1S/C15H23ClN2O/c1-12-5-3-7-15(9-12,11-16)18-10-13-6-4-8-17-14(13)19-2/h4,6,8,12,18H,3,5,7,9-11H2,1-2H3. The Kier molecular flexibility index (Phi) is 5.06. The zero-order valence-corrected chi connectivity index (χ0v) is 12.5. The molecule has 1 aliphatic rings. The van der Waals surface area contributed by atoms with Crippen LogP contribution in [0.3, 0.4) is 0 Å². The van der Waals surface area contributed by atoms with E-state index in [-0.39, 0.29) is 5.54 Å². The highest BCUT2D eigenvalue weighted by atomic mass is 35.5.